The quantitative estimate of drug-likeness (QED) is 0.907. The maximum atomic E-state index is 11.9. The van der Waals surface area contributed by atoms with Crippen LogP contribution < -0.4 is 5.32 Å². The van der Waals surface area contributed by atoms with Crippen molar-refractivity contribution in [3.8, 4) is 11.8 Å². The highest BCUT2D eigenvalue weighted by molar-refractivity contribution is 9.10. The number of aromatic hydroxyl groups is 1. The van der Waals surface area contributed by atoms with Crippen LogP contribution in [0.4, 0.5) is 5.69 Å². The van der Waals surface area contributed by atoms with E-state index in [0.717, 1.165) is 4.47 Å². The van der Waals surface area contributed by atoms with E-state index in [1.54, 1.807) is 36.4 Å². The highest BCUT2D eigenvalue weighted by Crippen LogP contribution is 2.21. The highest BCUT2D eigenvalue weighted by Gasteiger charge is 2.10. The molecule has 0 bridgehead atoms. The van der Waals surface area contributed by atoms with Gasteiger partial charge in [-0.05, 0) is 24.3 Å². The summed E-state index contributed by atoms with van der Waals surface area (Å²) in [4.78, 5) is 11.9. The van der Waals surface area contributed by atoms with Gasteiger partial charge in [0.05, 0.1) is 17.7 Å². The molecule has 5 heteroatoms. The number of benzene rings is 2. The molecule has 100 valence electrons. The van der Waals surface area contributed by atoms with E-state index in [-0.39, 0.29) is 18.1 Å². The fourth-order valence-electron chi connectivity index (χ4n) is 1.75. The lowest BCUT2D eigenvalue weighted by atomic mass is 10.1. The molecule has 2 aromatic rings. The fraction of sp³-hybridized carbons (Fsp3) is 0.0667. The van der Waals surface area contributed by atoms with Crippen LogP contribution in [-0.2, 0) is 11.2 Å². The highest BCUT2D eigenvalue weighted by atomic mass is 79.9. The van der Waals surface area contributed by atoms with Crippen molar-refractivity contribution in [1.82, 2.24) is 0 Å². The van der Waals surface area contributed by atoms with Gasteiger partial charge in [0.15, 0.2) is 0 Å². The fourth-order valence-corrected chi connectivity index (χ4v) is 2.11. The summed E-state index contributed by atoms with van der Waals surface area (Å²) in [5.41, 5.74) is 1.38. The second-order valence-corrected chi connectivity index (χ2v) is 5.07. The van der Waals surface area contributed by atoms with Gasteiger partial charge >= 0.3 is 0 Å². The van der Waals surface area contributed by atoms with Gasteiger partial charge in [0.1, 0.15) is 11.8 Å². The molecule has 0 aromatic heterocycles. The van der Waals surface area contributed by atoms with Crippen LogP contribution in [0.3, 0.4) is 0 Å². The van der Waals surface area contributed by atoms with Gasteiger partial charge in [0, 0.05) is 10.0 Å². The summed E-state index contributed by atoms with van der Waals surface area (Å²) in [5, 5.41) is 21.3. The number of phenolic OH excluding ortho intramolecular Hbond substituents is 1. The molecule has 0 spiro atoms. The van der Waals surface area contributed by atoms with Crippen LogP contribution in [0.15, 0.2) is 46.9 Å². The van der Waals surface area contributed by atoms with E-state index < -0.39 is 0 Å². The number of carbonyl (C=O) groups is 1. The Labute approximate surface area is 124 Å². The van der Waals surface area contributed by atoms with Gasteiger partial charge in [-0.3, -0.25) is 4.79 Å². The van der Waals surface area contributed by atoms with E-state index in [4.69, 9.17) is 5.26 Å². The Morgan fingerprint density at radius 3 is 2.75 bits per heavy atom. The Morgan fingerprint density at radius 2 is 2.05 bits per heavy atom. The molecule has 0 atom stereocenters. The minimum atomic E-state index is -0.287. The number of nitrogens with one attached hydrogen (secondary N) is 1. The lowest BCUT2D eigenvalue weighted by Crippen LogP contribution is -2.15. The molecular formula is C15H11BrN2O2. The maximum absolute atomic E-state index is 11.9. The normalized spacial score (nSPS) is 9.80. The number of halogens is 1. The zero-order valence-electron chi connectivity index (χ0n) is 10.4. The second kappa shape index (κ2) is 6.22. The molecule has 0 aliphatic rings. The molecule has 2 aromatic carbocycles. The third-order valence-electron chi connectivity index (χ3n) is 2.72. The Bertz CT molecular complexity index is 693. The minimum Gasteiger partial charge on any atom is -0.508 e. The van der Waals surface area contributed by atoms with Crippen LogP contribution in [0.5, 0.6) is 5.75 Å². The van der Waals surface area contributed by atoms with Crippen molar-refractivity contribution in [3.63, 3.8) is 0 Å². The molecule has 0 radical (unpaired) electrons. The van der Waals surface area contributed by atoms with Crippen LogP contribution in [0, 0.1) is 11.3 Å². The number of hydrogen-bond donors (Lipinski definition) is 2. The first-order valence-electron chi connectivity index (χ1n) is 5.86. The van der Waals surface area contributed by atoms with Gasteiger partial charge in [-0.2, -0.15) is 5.26 Å². The van der Waals surface area contributed by atoms with Crippen molar-refractivity contribution >= 4 is 27.5 Å². The summed E-state index contributed by atoms with van der Waals surface area (Å²) in [6, 6.07) is 13.7. The predicted octanol–water partition coefficient (Wildman–Crippen LogP) is 3.21. The number of anilines is 1. The number of nitriles is 1. The number of amides is 1. The van der Waals surface area contributed by atoms with E-state index in [2.05, 4.69) is 21.2 Å². The molecule has 1 amide bonds. The van der Waals surface area contributed by atoms with Gasteiger partial charge in [-0.15, -0.1) is 0 Å². The Balaban J connectivity index is 2.13. The number of nitrogens with zero attached hydrogens (tertiary/aromatic N) is 1. The molecule has 0 aliphatic heterocycles. The average molecular weight is 331 g/mol. The first-order valence-corrected chi connectivity index (χ1v) is 6.66. The molecule has 0 heterocycles. The number of carbonyl (C=O) groups excluding carboxylic acids is 1. The molecular weight excluding hydrogens is 320 g/mol. The summed E-state index contributed by atoms with van der Waals surface area (Å²) >= 11 is 3.27. The average Bonchev–Trinajstić information content (AvgIpc) is 2.43. The summed E-state index contributed by atoms with van der Waals surface area (Å²) in [5.74, 6) is -0.204. The monoisotopic (exact) mass is 330 g/mol. The van der Waals surface area contributed by atoms with Crippen LogP contribution in [0.1, 0.15) is 11.1 Å². The van der Waals surface area contributed by atoms with E-state index in [1.165, 1.54) is 6.07 Å². The van der Waals surface area contributed by atoms with E-state index >= 15 is 0 Å². The predicted molar refractivity (Wildman–Crippen MR) is 79.3 cm³/mol. The lowest BCUT2D eigenvalue weighted by molar-refractivity contribution is -0.115. The van der Waals surface area contributed by atoms with Crippen LogP contribution in [-0.4, -0.2) is 11.0 Å². The van der Waals surface area contributed by atoms with Crippen molar-refractivity contribution in [2.24, 2.45) is 0 Å². The standard InChI is InChI=1S/C15H11BrN2O2/c16-12-5-6-13(11(7-12)9-17)18-15(20)8-10-3-1-2-4-14(10)19/h1-7,19H,8H2,(H,18,20). The summed E-state index contributed by atoms with van der Waals surface area (Å²) in [6.45, 7) is 0. The number of hydrogen-bond acceptors (Lipinski definition) is 3. The summed E-state index contributed by atoms with van der Waals surface area (Å²) < 4.78 is 0.771. The SMILES string of the molecule is N#Cc1cc(Br)ccc1NC(=O)Cc1ccccc1O. The molecule has 0 saturated carbocycles. The molecule has 0 unspecified atom stereocenters. The van der Waals surface area contributed by atoms with Crippen molar-refractivity contribution in [3.05, 3.63) is 58.1 Å². The molecule has 2 N–H and O–H groups in total. The second-order valence-electron chi connectivity index (χ2n) is 4.16. The van der Waals surface area contributed by atoms with E-state index in [1.807, 2.05) is 6.07 Å². The van der Waals surface area contributed by atoms with E-state index in [0.29, 0.717) is 16.8 Å². The zero-order valence-corrected chi connectivity index (χ0v) is 12.0. The van der Waals surface area contributed by atoms with Crippen molar-refractivity contribution < 1.29 is 9.90 Å². The van der Waals surface area contributed by atoms with Gasteiger partial charge in [-0.1, -0.05) is 34.1 Å². The largest absolute Gasteiger partial charge is 0.508 e. The third kappa shape index (κ3) is 3.37. The van der Waals surface area contributed by atoms with Gasteiger partial charge in [-0.25, -0.2) is 0 Å². The van der Waals surface area contributed by atoms with Gasteiger partial charge in [0.25, 0.3) is 0 Å². The first-order chi connectivity index (χ1) is 9.60. The van der Waals surface area contributed by atoms with Crippen molar-refractivity contribution in [2.75, 3.05) is 5.32 Å². The Hall–Kier alpha value is -2.32. The molecule has 0 aliphatic carbocycles. The minimum absolute atomic E-state index is 0.0492. The molecule has 0 fully saturated rings. The van der Waals surface area contributed by atoms with Gasteiger partial charge in [0.2, 0.25) is 5.91 Å². The first kappa shape index (κ1) is 14.1. The van der Waals surface area contributed by atoms with Crippen molar-refractivity contribution in [1.29, 1.82) is 5.26 Å². The molecule has 2 rings (SSSR count). The van der Waals surface area contributed by atoms with Crippen LogP contribution in [0.2, 0.25) is 0 Å². The molecule has 20 heavy (non-hydrogen) atoms. The maximum Gasteiger partial charge on any atom is 0.228 e. The topological polar surface area (TPSA) is 73.1 Å². The number of rotatable bonds is 3. The Morgan fingerprint density at radius 1 is 1.30 bits per heavy atom. The summed E-state index contributed by atoms with van der Waals surface area (Å²) in [7, 11) is 0. The third-order valence-corrected chi connectivity index (χ3v) is 3.21. The number of para-hydroxylation sites is 1. The number of phenols is 1. The lowest BCUT2D eigenvalue weighted by Gasteiger charge is -2.08. The van der Waals surface area contributed by atoms with Crippen LogP contribution >= 0.6 is 15.9 Å². The Kier molecular flexibility index (Phi) is 4.38. The van der Waals surface area contributed by atoms with Crippen LogP contribution in [0.25, 0.3) is 0 Å². The van der Waals surface area contributed by atoms with E-state index in [9.17, 15) is 9.90 Å². The van der Waals surface area contributed by atoms with Crippen molar-refractivity contribution in [2.45, 2.75) is 6.42 Å². The van der Waals surface area contributed by atoms with Gasteiger partial charge < -0.3 is 10.4 Å². The smallest absolute Gasteiger partial charge is 0.228 e. The molecule has 0 saturated heterocycles. The summed E-state index contributed by atoms with van der Waals surface area (Å²) in [6.07, 6.45) is 0.0492. The zero-order chi connectivity index (χ0) is 14.5. The molecule has 4 nitrogen and oxygen atoms in total.